The van der Waals surface area contributed by atoms with Gasteiger partial charge in [-0.25, -0.2) is 4.98 Å². The maximum Gasteiger partial charge on any atom is 0.227 e. The molecule has 0 saturated heterocycles. The van der Waals surface area contributed by atoms with E-state index in [2.05, 4.69) is 53.0 Å². The topological polar surface area (TPSA) is 22.1 Å². The Labute approximate surface area is 132 Å². The number of benzene rings is 2. The molecule has 106 valence electrons. The van der Waals surface area contributed by atoms with Crippen molar-refractivity contribution in [2.45, 2.75) is 19.8 Å². The van der Waals surface area contributed by atoms with Crippen LogP contribution in [-0.2, 0) is 0 Å². The van der Waals surface area contributed by atoms with Crippen LogP contribution in [0.5, 0.6) is 11.6 Å². The number of aromatic nitrogens is 1. The first-order valence-electron chi connectivity index (χ1n) is 6.95. The minimum Gasteiger partial charge on any atom is -0.438 e. The zero-order valence-corrected chi connectivity index (χ0v) is 13.6. The van der Waals surface area contributed by atoms with Gasteiger partial charge in [-0.1, -0.05) is 48.0 Å². The van der Waals surface area contributed by atoms with Gasteiger partial charge in [0.25, 0.3) is 0 Å². The zero-order valence-electron chi connectivity index (χ0n) is 12.0. The molecular weight excluding hydrogens is 326 g/mol. The predicted octanol–water partition coefficient (Wildman–Crippen LogP) is 5.91. The molecule has 0 N–H and O–H groups in total. The number of halogens is 1. The lowest BCUT2D eigenvalue weighted by atomic mass is 10.0. The molecule has 0 aliphatic carbocycles. The summed E-state index contributed by atoms with van der Waals surface area (Å²) in [5.41, 5.74) is 1.30. The van der Waals surface area contributed by atoms with Crippen molar-refractivity contribution in [1.29, 1.82) is 0 Å². The van der Waals surface area contributed by atoms with Crippen LogP contribution in [0.3, 0.4) is 0 Å². The van der Waals surface area contributed by atoms with E-state index in [-0.39, 0.29) is 0 Å². The largest absolute Gasteiger partial charge is 0.438 e. The number of nitrogens with zero attached hydrogens (tertiary/aromatic N) is 1. The molecule has 0 atom stereocenters. The highest BCUT2D eigenvalue weighted by Gasteiger charge is 2.06. The van der Waals surface area contributed by atoms with E-state index in [4.69, 9.17) is 4.74 Å². The lowest BCUT2D eigenvalue weighted by molar-refractivity contribution is 0.469. The average molecular weight is 342 g/mol. The number of fused-ring (bicyclic) bond motifs is 1. The highest BCUT2D eigenvalue weighted by Crippen LogP contribution is 2.30. The van der Waals surface area contributed by atoms with E-state index >= 15 is 0 Å². The zero-order chi connectivity index (χ0) is 14.8. The Balaban J connectivity index is 1.96. The fraction of sp³-hybridized carbons (Fsp3) is 0.167. The van der Waals surface area contributed by atoms with Gasteiger partial charge in [0.1, 0.15) is 5.75 Å². The smallest absolute Gasteiger partial charge is 0.227 e. The summed E-state index contributed by atoms with van der Waals surface area (Å²) in [6.45, 7) is 4.36. The summed E-state index contributed by atoms with van der Waals surface area (Å²) in [4.78, 5) is 4.36. The summed E-state index contributed by atoms with van der Waals surface area (Å²) in [6.07, 6.45) is 1.77. The van der Waals surface area contributed by atoms with Crippen molar-refractivity contribution in [2.24, 2.45) is 0 Å². The van der Waals surface area contributed by atoms with Crippen LogP contribution in [0, 0.1) is 0 Å². The number of hydrogen-bond acceptors (Lipinski definition) is 2. The SMILES string of the molecule is CC(C)c1ccc(Oc2nccc3ccc(Br)cc23)cc1. The molecule has 0 fully saturated rings. The summed E-state index contributed by atoms with van der Waals surface area (Å²) < 4.78 is 6.97. The van der Waals surface area contributed by atoms with Crippen LogP contribution >= 0.6 is 15.9 Å². The third kappa shape index (κ3) is 3.08. The van der Waals surface area contributed by atoms with E-state index in [9.17, 15) is 0 Å². The van der Waals surface area contributed by atoms with Gasteiger partial charge >= 0.3 is 0 Å². The molecule has 3 rings (SSSR count). The van der Waals surface area contributed by atoms with Crippen LogP contribution in [0.15, 0.2) is 59.2 Å². The van der Waals surface area contributed by atoms with Gasteiger partial charge in [0, 0.05) is 16.1 Å². The second-order valence-corrected chi connectivity index (χ2v) is 6.22. The van der Waals surface area contributed by atoms with E-state index in [1.54, 1.807) is 6.20 Å². The van der Waals surface area contributed by atoms with Crippen molar-refractivity contribution < 1.29 is 4.74 Å². The Morgan fingerprint density at radius 1 is 1.00 bits per heavy atom. The van der Waals surface area contributed by atoms with Gasteiger partial charge in [-0.05, 0) is 47.2 Å². The highest BCUT2D eigenvalue weighted by atomic mass is 79.9. The molecule has 0 spiro atoms. The highest BCUT2D eigenvalue weighted by molar-refractivity contribution is 9.10. The maximum atomic E-state index is 5.95. The molecular formula is C18H16BrNO. The summed E-state index contributed by atoms with van der Waals surface area (Å²) in [5.74, 6) is 1.95. The van der Waals surface area contributed by atoms with E-state index in [1.165, 1.54) is 5.56 Å². The molecule has 0 aliphatic heterocycles. The lowest BCUT2D eigenvalue weighted by Crippen LogP contribution is -1.91. The van der Waals surface area contributed by atoms with E-state index in [1.807, 2.05) is 30.3 Å². The molecule has 3 aromatic rings. The Morgan fingerprint density at radius 2 is 1.76 bits per heavy atom. The second kappa shape index (κ2) is 5.86. The van der Waals surface area contributed by atoms with Gasteiger partial charge in [0.15, 0.2) is 0 Å². The molecule has 21 heavy (non-hydrogen) atoms. The standard InChI is InChI=1S/C18H16BrNO/c1-12(2)13-4-7-16(8-5-13)21-18-17-11-15(19)6-3-14(17)9-10-20-18/h3-12H,1-2H3. The fourth-order valence-electron chi connectivity index (χ4n) is 2.23. The van der Waals surface area contributed by atoms with E-state index in [0.717, 1.165) is 21.0 Å². The first-order valence-corrected chi connectivity index (χ1v) is 7.75. The molecule has 0 amide bonds. The molecule has 2 aromatic carbocycles. The van der Waals surface area contributed by atoms with E-state index < -0.39 is 0 Å². The molecule has 1 heterocycles. The van der Waals surface area contributed by atoms with Gasteiger partial charge in [-0.15, -0.1) is 0 Å². The van der Waals surface area contributed by atoms with Gasteiger partial charge in [-0.2, -0.15) is 0 Å². The van der Waals surface area contributed by atoms with Crippen molar-refractivity contribution in [3.05, 3.63) is 64.8 Å². The number of rotatable bonds is 3. The Kier molecular flexibility index (Phi) is 3.93. The Hall–Kier alpha value is -1.87. The van der Waals surface area contributed by atoms with Crippen LogP contribution in [0.1, 0.15) is 25.3 Å². The number of hydrogen-bond donors (Lipinski definition) is 0. The Morgan fingerprint density at radius 3 is 2.48 bits per heavy atom. The molecule has 0 aliphatic rings. The van der Waals surface area contributed by atoms with Crippen molar-refractivity contribution >= 4 is 26.7 Å². The minimum atomic E-state index is 0.519. The van der Waals surface area contributed by atoms with Crippen molar-refractivity contribution in [1.82, 2.24) is 4.98 Å². The summed E-state index contributed by atoms with van der Waals surface area (Å²) in [5, 5.41) is 2.11. The molecule has 2 nitrogen and oxygen atoms in total. The molecule has 0 radical (unpaired) electrons. The first kappa shape index (κ1) is 14.1. The van der Waals surface area contributed by atoms with Crippen LogP contribution < -0.4 is 4.74 Å². The minimum absolute atomic E-state index is 0.519. The number of ether oxygens (including phenoxy) is 1. The van der Waals surface area contributed by atoms with Gasteiger partial charge in [0.2, 0.25) is 5.88 Å². The van der Waals surface area contributed by atoms with Crippen LogP contribution in [0.4, 0.5) is 0 Å². The fourth-order valence-corrected chi connectivity index (χ4v) is 2.59. The molecule has 0 bridgehead atoms. The molecule has 1 aromatic heterocycles. The average Bonchev–Trinajstić information content (AvgIpc) is 2.48. The monoisotopic (exact) mass is 341 g/mol. The van der Waals surface area contributed by atoms with Crippen molar-refractivity contribution in [3.63, 3.8) is 0 Å². The summed E-state index contributed by atoms with van der Waals surface area (Å²) >= 11 is 3.49. The summed E-state index contributed by atoms with van der Waals surface area (Å²) in [7, 11) is 0. The van der Waals surface area contributed by atoms with Crippen LogP contribution in [0.2, 0.25) is 0 Å². The number of pyridine rings is 1. The normalized spacial score (nSPS) is 11.0. The third-order valence-electron chi connectivity index (χ3n) is 3.45. The van der Waals surface area contributed by atoms with Crippen LogP contribution in [-0.4, -0.2) is 4.98 Å². The maximum absolute atomic E-state index is 5.95. The van der Waals surface area contributed by atoms with Crippen molar-refractivity contribution in [2.75, 3.05) is 0 Å². The molecule has 3 heteroatoms. The van der Waals surface area contributed by atoms with Gasteiger partial charge in [-0.3, -0.25) is 0 Å². The Bertz CT molecular complexity index is 766. The van der Waals surface area contributed by atoms with Gasteiger partial charge in [0.05, 0.1) is 0 Å². The summed E-state index contributed by atoms with van der Waals surface area (Å²) in [6, 6.07) is 16.3. The third-order valence-corrected chi connectivity index (χ3v) is 3.95. The predicted molar refractivity (Wildman–Crippen MR) is 90.0 cm³/mol. The van der Waals surface area contributed by atoms with Crippen molar-refractivity contribution in [3.8, 4) is 11.6 Å². The van der Waals surface area contributed by atoms with E-state index in [0.29, 0.717) is 11.8 Å². The quantitative estimate of drug-likeness (QED) is 0.590. The first-order chi connectivity index (χ1) is 10.1. The molecule has 0 unspecified atom stereocenters. The van der Waals surface area contributed by atoms with Gasteiger partial charge < -0.3 is 4.74 Å². The van der Waals surface area contributed by atoms with Crippen LogP contribution in [0.25, 0.3) is 10.8 Å². The molecule has 0 saturated carbocycles. The lowest BCUT2D eigenvalue weighted by Gasteiger charge is -2.10. The second-order valence-electron chi connectivity index (χ2n) is 5.31.